The SMILES string of the molecule is CC(=O)CC1CCCN1Cc1nncn1C. The number of likely N-dealkylation sites (tertiary alicyclic amines) is 1. The average molecular weight is 222 g/mol. The molecular formula is C11H18N4O. The monoisotopic (exact) mass is 222 g/mol. The summed E-state index contributed by atoms with van der Waals surface area (Å²) in [6.45, 7) is 3.53. The molecule has 5 nitrogen and oxygen atoms in total. The van der Waals surface area contributed by atoms with Crippen molar-refractivity contribution in [2.24, 2.45) is 7.05 Å². The lowest BCUT2D eigenvalue weighted by Crippen LogP contribution is -2.31. The van der Waals surface area contributed by atoms with E-state index in [-0.39, 0.29) is 5.78 Å². The molecule has 5 heteroatoms. The summed E-state index contributed by atoms with van der Waals surface area (Å²) < 4.78 is 1.93. The van der Waals surface area contributed by atoms with Crippen LogP contribution in [0.15, 0.2) is 6.33 Å². The highest BCUT2D eigenvalue weighted by atomic mass is 16.1. The van der Waals surface area contributed by atoms with Crippen molar-refractivity contribution in [1.29, 1.82) is 0 Å². The Hall–Kier alpha value is -1.23. The van der Waals surface area contributed by atoms with Gasteiger partial charge in [-0.2, -0.15) is 0 Å². The van der Waals surface area contributed by atoms with Crippen LogP contribution in [0.2, 0.25) is 0 Å². The van der Waals surface area contributed by atoms with Crippen LogP contribution >= 0.6 is 0 Å². The maximum absolute atomic E-state index is 11.2. The molecule has 88 valence electrons. The van der Waals surface area contributed by atoms with Gasteiger partial charge in [0, 0.05) is 19.5 Å². The van der Waals surface area contributed by atoms with Crippen LogP contribution < -0.4 is 0 Å². The fourth-order valence-electron chi connectivity index (χ4n) is 2.30. The highest BCUT2D eigenvalue weighted by Crippen LogP contribution is 2.21. The zero-order valence-corrected chi connectivity index (χ0v) is 9.89. The average Bonchev–Trinajstić information content (AvgIpc) is 2.78. The van der Waals surface area contributed by atoms with E-state index < -0.39 is 0 Å². The standard InChI is InChI=1S/C11H18N4O/c1-9(16)6-10-4-3-5-15(10)7-11-13-12-8-14(11)2/h8,10H,3-7H2,1-2H3. The molecule has 1 atom stereocenters. The van der Waals surface area contributed by atoms with Crippen LogP contribution in [0.5, 0.6) is 0 Å². The van der Waals surface area contributed by atoms with Crippen LogP contribution in [-0.4, -0.2) is 38.0 Å². The lowest BCUT2D eigenvalue weighted by molar-refractivity contribution is -0.118. The quantitative estimate of drug-likeness (QED) is 0.754. The van der Waals surface area contributed by atoms with Crippen LogP contribution in [0, 0.1) is 0 Å². The third kappa shape index (κ3) is 2.47. The van der Waals surface area contributed by atoms with Gasteiger partial charge in [0.05, 0.1) is 6.54 Å². The number of nitrogens with zero attached hydrogens (tertiary/aromatic N) is 4. The molecular weight excluding hydrogens is 204 g/mol. The van der Waals surface area contributed by atoms with Crippen molar-refractivity contribution in [2.75, 3.05) is 6.54 Å². The molecule has 2 rings (SSSR count). The summed E-state index contributed by atoms with van der Waals surface area (Å²) in [6.07, 6.45) is 4.68. The highest BCUT2D eigenvalue weighted by molar-refractivity contribution is 5.76. The number of ketones is 1. The summed E-state index contributed by atoms with van der Waals surface area (Å²) in [5, 5.41) is 7.95. The van der Waals surface area contributed by atoms with Crippen LogP contribution in [-0.2, 0) is 18.4 Å². The maximum atomic E-state index is 11.2. The van der Waals surface area contributed by atoms with Gasteiger partial charge in [0.15, 0.2) is 0 Å². The Bertz CT molecular complexity index is 374. The van der Waals surface area contributed by atoms with Crippen LogP contribution in [0.1, 0.15) is 32.0 Å². The van der Waals surface area contributed by atoms with E-state index in [1.807, 2.05) is 11.6 Å². The molecule has 1 aromatic heterocycles. The van der Waals surface area contributed by atoms with Gasteiger partial charge in [-0.05, 0) is 26.3 Å². The van der Waals surface area contributed by atoms with Crippen molar-refractivity contribution in [3.8, 4) is 0 Å². The lowest BCUT2D eigenvalue weighted by atomic mass is 10.1. The molecule has 0 radical (unpaired) electrons. The molecule has 1 aliphatic rings. The molecule has 16 heavy (non-hydrogen) atoms. The first kappa shape index (κ1) is 11.3. The molecule has 2 heterocycles. The number of aromatic nitrogens is 3. The normalized spacial score (nSPS) is 21.5. The first-order chi connectivity index (χ1) is 7.66. The second-order valence-corrected chi connectivity index (χ2v) is 4.53. The van der Waals surface area contributed by atoms with Gasteiger partial charge in [0.25, 0.3) is 0 Å². The van der Waals surface area contributed by atoms with Crippen LogP contribution in [0.4, 0.5) is 0 Å². The van der Waals surface area contributed by atoms with Crippen LogP contribution in [0.3, 0.4) is 0 Å². The number of Topliss-reactive ketones (excluding diaryl/α,β-unsaturated/α-hetero) is 1. The molecule has 0 amide bonds. The molecule has 0 aliphatic carbocycles. The Kier molecular flexibility index (Phi) is 3.33. The molecule has 0 spiro atoms. The van der Waals surface area contributed by atoms with E-state index >= 15 is 0 Å². The summed E-state index contributed by atoms with van der Waals surface area (Å²) >= 11 is 0. The molecule has 0 bridgehead atoms. The molecule has 1 saturated heterocycles. The fourth-order valence-corrected chi connectivity index (χ4v) is 2.30. The molecule has 1 aliphatic heterocycles. The molecule has 0 aromatic carbocycles. The van der Waals surface area contributed by atoms with Crippen molar-refractivity contribution in [2.45, 2.75) is 38.8 Å². The lowest BCUT2D eigenvalue weighted by Gasteiger charge is -2.22. The highest BCUT2D eigenvalue weighted by Gasteiger charge is 2.26. The van der Waals surface area contributed by atoms with Crippen molar-refractivity contribution >= 4 is 5.78 Å². The van der Waals surface area contributed by atoms with E-state index in [1.54, 1.807) is 13.3 Å². The zero-order chi connectivity index (χ0) is 11.5. The van der Waals surface area contributed by atoms with E-state index in [4.69, 9.17) is 0 Å². The van der Waals surface area contributed by atoms with E-state index in [2.05, 4.69) is 15.1 Å². The summed E-state index contributed by atoms with van der Waals surface area (Å²) in [4.78, 5) is 13.5. The van der Waals surface area contributed by atoms with Gasteiger partial charge < -0.3 is 4.57 Å². The summed E-state index contributed by atoms with van der Waals surface area (Å²) in [7, 11) is 1.95. The number of rotatable bonds is 4. The Morgan fingerprint density at radius 2 is 2.44 bits per heavy atom. The fraction of sp³-hybridized carbons (Fsp3) is 0.727. The van der Waals surface area contributed by atoms with Gasteiger partial charge in [-0.15, -0.1) is 10.2 Å². The van der Waals surface area contributed by atoms with Crippen molar-refractivity contribution < 1.29 is 4.79 Å². The summed E-state index contributed by atoms with van der Waals surface area (Å²) in [6, 6.07) is 0.397. The Morgan fingerprint density at radius 3 is 3.06 bits per heavy atom. The number of hydrogen-bond acceptors (Lipinski definition) is 4. The van der Waals surface area contributed by atoms with E-state index in [9.17, 15) is 4.79 Å². The van der Waals surface area contributed by atoms with Gasteiger partial charge in [-0.25, -0.2) is 0 Å². The molecule has 0 N–H and O–H groups in total. The summed E-state index contributed by atoms with van der Waals surface area (Å²) in [5.74, 6) is 1.24. The number of aryl methyl sites for hydroxylation is 1. The zero-order valence-electron chi connectivity index (χ0n) is 9.89. The van der Waals surface area contributed by atoms with E-state index in [1.165, 1.54) is 6.42 Å². The predicted octanol–water partition coefficient (Wildman–Crippen LogP) is 0.759. The third-order valence-corrected chi connectivity index (χ3v) is 3.17. The van der Waals surface area contributed by atoms with Gasteiger partial charge in [0.1, 0.15) is 17.9 Å². The van der Waals surface area contributed by atoms with Gasteiger partial charge in [0.2, 0.25) is 0 Å². The third-order valence-electron chi connectivity index (χ3n) is 3.17. The summed E-state index contributed by atoms with van der Waals surface area (Å²) in [5.41, 5.74) is 0. The topological polar surface area (TPSA) is 51.0 Å². The van der Waals surface area contributed by atoms with Gasteiger partial charge >= 0.3 is 0 Å². The molecule has 1 unspecified atom stereocenters. The first-order valence-electron chi connectivity index (χ1n) is 5.73. The Labute approximate surface area is 95.5 Å². The smallest absolute Gasteiger partial charge is 0.146 e. The second-order valence-electron chi connectivity index (χ2n) is 4.53. The van der Waals surface area contributed by atoms with Crippen molar-refractivity contribution in [1.82, 2.24) is 19.7 Å². The number of carbonyl (C=O) groups excluding carboxylic acids is 1. The van der Waals surface area contributed by atoms with Gasteiger partial charge in [-0.1, -0.05) is 0 Å². The molecule has 1 fully saturated rings. The minimum absolute atomic E-state index is 0.273. The van der Waals surface area contributed by atoms with E-state index in [0.717, 1.165) is 25.3 Å². The minimum atomic E-state index is 0.273. The molecule has 0 saturated carbocycles. The van der Waals surface area contributed by atoms with Crippen LogP contribution in [0.25, 0.3) is 0 Å². The van der Waals surface area contributed by atoms with Gasteiger partial charge in [-0.3, -0.25) is 9.69 Å². The molecule has 1 aromatic rings. The predicted molar refractivity (Wildman–Crippen MR) is 59.7 cm³/mol. The Balaban J connectivity index is 1.98. The minimum Gasteiger partial charge on any atom is -0.320 e. The first-order valence-corrected chi connectivity index (χ1v) is 5.73. The van der Waals surface area contributed by atoms with E-state index in [0.29, 0.717) is 12.5 Å². The maximum Gasteiger partial charge on any atom is 0.146 e. The largest absolute Gasteiger partial charge is 0.320 e. The van der Waals surface area contributed by atoms with Crippen molar-refractivity contribution in [3.05, 3.63) is 12.2 Å². The van der Waals surface area contributed by atoms with Crippen molar-refractivity contribution in [3.63, 3.8) is 0 Å². The number of carbonyl (C=O) groups is 1. The second kappa shape index (κ2) is 4.74. The number of hydrogen-bond donors (Lipinski definition) is 0. The Morgan fingerprint density at radius 1 is 1.62 bits per heavy atom.